The number of pyridine rings is 1. The monoisotopic (exact) mass is 1010 g/mol. The fraction of sp³-hybridized carbons (Fsp3) is 0.145. The van der Waals surface area contributed by atoms with Crippen molar-refractivity contribution in [1.29, 1.82) is 0 Å². The molecule has 8 aromatic carbocycles. The maximum absolute atomic E-state index is 9.09. The Hall–Kier alpha value is -9.36. The van der Waals surface area contributed by atoms with Crippen LogP contribution in [0.25, 0.3) is 61.3 Å². The quantitative estimate of drug-likeness (QED) is 0.114. The first-order valence-electron chi connectivity index (χ1n) is 30.5. The highest BCUT2D eigenvalue weighted by molar-refractivity contribution is 6.11. The van der Waals surface area contributed by atoms with Crippen LogP contribution >= 0.6 is 0 Å². The largest absolute Gasteiger partial charge is 0.501 e. The van der Waals surface area contributed by atoms with Crippen molar-refractivity contribution in [3.8, 4) is 51.0 Å². The Kier molecular flexibility index (Phi) is 9.63. The summed E-state index contributed by atoms with van der Waals surface area (Å²) in [5, 5.41) is 1.89. The molecule has 1 aliphatic rings. The van der Waals surface area contributed by atoms with Crippen LogP contribution in [0.4, 0.5) is 11.4 Å². The number of nitrogens with zero attached hydrogens (tertiary/aromatic N) is 7. The van der Waals surface area contributed by atoms with Crippen LogP contribution in [0, 0.1) is 0 Å². The molecule has 12 rings (SSSR count). The molecular weight excluding hydrogens is 943 g/mol. The van der Waals surface area contributed by atoms with Gasteiger partial charge in [-0.25, -0.2) is 19.9 Å². The van der Waals surface area contributed by atoms with Gasteiger partial charge < -0.3 is 4.74 Å². The number of fused-ring (bicyclic) bond motifs is 3. The summed E-state index contributed by atoms with van der Waals surface area (Å²) in [4.78, 5) is 21.1. The molecule has 8 heteroatoms. The molecule has 0 amide bonds. The molecule has 0 saturated heterocycles. The maximum atomic E-state index is 9.09. The van der Waals surface area contributed by atoms with Crippen LogP contribution in [-0.2, 0) is 16.2 Å². The van der Waals surface area contributed by atoms with Crippen molar-refractivity contribution in [3.63, 3.8) is 0 Å². The van der Waals surface area contributed by atoms with Gasteiger partial charge in [0, 0.05) is 39.9 Å². The summed E-state index contributed by atoms with van der Waals surface area (Å²) in [7, 11) is 0. The van der Waals surface area contributed by atoms with Crippen LogP contribution < -0.4 is 4.74 Å². The van der Waals surface area contributed by atoms with Crippen LogP contribution in [0.1, 0.15) is 90.5 Å². The third-order valence-corrected chi connectivity index (χ3v) is 14.3. The first-order chi connectivity index (χ1) is 41.4. The molecule has 11 aromatic rings. The van der Waals surface area contributed by atoms with Crippen LogP contribution in [0.15, 0.2) is 231 Å². The predicted molar refractivity (Wildman–Crippen MR) is 311 cm³/mol. The predicted octanol–water partition coefficient (Wildman–Crippen LogP) is 16.8. The lowest BCUT2D eigenvalue weighted by Crippen LogP contribution is -2.29. The van der Waals surface area contributed by atoms with E-state index in [4.69, 9.17) is 38.4 Å². The highest BCUT2D eigenvalue weighted by Gasteiger charge is 2.35. The molecule has 0 saturated carbocycles. The number of aromatic nitrogens is 5. The highest BCUT2D eigenvalue weighted by Crippen LogP contribution is 2.45. The third-order valence-electron chi connectivity index (χ3n) is 14.3. The average Bonchev–Trinajstić information content (AvgIpc) is 1.81. The summed E-state index contributed by atoms with van der Waals surface area (Å²) in [6.07, 6.45) is 5.16. The second-order valence-corrected chi connectivity index (χ2v) is 21.1. The molecule has 0 N–H and O–H groups in total. The van der Waals surface area contributed by atoms with Crippen molar-refractivity contribution in [3.05, 3.63) is 259 Å². The van der Waals surface area contributed by atoms with E-state index < -0.39 is 76.7 Å². The molecule has 77 heavy (non-hydrogen) atoms. The Morgan fingerprint density at radius 1 is 0.506 bits per heavy atom. The van der Waals surface area contributed by atoms with Gasteiger partial charge in [0.1, 0.15) is 29.0 Å². The van der Waals surface area contributed by atoms with E-state index in [0.29, 0.717) is 46.0 Å². The van der Waals surface area contributed by atoms with Crippen molar-refractivity contribution in [2.45, 2.75) is 64.7 Å². The van der Waals surface area contributed by atoms with Gasteiger partial charge in [0.2, 0.25) is 11.4 Å². The Balaban J connectivity index is 1.11. The van der Waals surface area contributed by atoms with Crippen LogP contribution in [-0.4, -0.2) is 39.7 Å². The van der Waals surface area contributed by atoms with Gasteiger partial charge in [-0.1, -0.05) is 181 Å². The second kappa shape index (κ2) is 19.4. The molecule has 8 nitrogen and oxygen atoms in total. The summed E-state index contributed by atoms with van der Waals surface area (Å²) in [5.41, 5.74) is 4.15. The normalized spacial score (nSPS) is 14.6. The van der Waals surface area contributed by atoms with E-state index in [1.165, 1.54) is 0 Å². The van der Waals surface area contributed by atoms with Crippen LogP contribution in [0.2, 0.25) is 0 Å². The fourth-order valence-electron chi connectivity index (χ4n) is 9.91. The molecule has 4 heterocycles. The number of para-hydroxylation sites is 2. The van der Waals surface area contributed by atoms with E-state index in [1.807, 2.05) is 91.0 Å². The Morgan fingerprint density at radius 3 is 1.69 bits per heavy atom. The van der Waals surface area contributed by atoms with Gasteiger partial charge in [0.25, 0.3) is 12.4 Å². The SMILES string of the molecule is [2H]c1c([2H])c([2H])c(-c2cccc(-c3c([2H])c([2H])c([2H])c([2H])c3[2H])c2[N+]2=C=[N+](c3cc(Oc4cc5c(cc4-c4nc(C(C)(C)c6ccccc6)nc(C(C)(C)c6ccccc6)n4)c4ccccc4n5-c4ccccn4)cc(C(C)(C)C)c3)C=C2)c([2H])c1[2H]. The van der Waals surface area contributed by atoms with Gasteiger partial charge in [0.15, 0.2) is 5.82 Å². The summed E-state index contributed by atoms with van der Waals surface area (Å²) in [6.45, 7) is 14.8. The van der Waals surface area contributed by atoms with E-state index in [2.05, 4.69) is 102 Å². The van der Waals surface area contributed by atoms with Crippen molar-refractivity contribution in [1.82, 2.24) is 24.5 Å². The summed E-state index contributed by atoms with van der Waals surface area (Å²) in [5.74, 6) is 3.11. The maximum Gasteiger partial charge on any atom is 0.501 e. The van der Waals surface area contributed by atoms with Gasteiger partial charge >= 0.3 is 6.01 Å². The average molecular weight is 1010 g/mol. The summed E-state index contributed by atoms with van der Waals surface area (Å²) < 4.78 is 100. The van der Waals surface area contributed by atoms with Gasteiger partial charge in [-0.3, -0.25) is 4.57 Å². The second-order valence-electron chi connectivity index (χ2n) is 21.1. The molecule has 0 atom stereocenters. The molecule has 0 fully saturated rings. The van der Waals surface area contributed by atoms with Gasteiger partial charge in [-0.15, -0.1) is 0 Å². The first kappa shape index (κ1) is 38.2. The van der Waals surface area contributed by atoms with E-state index in [9.17, 15) is 0 Å². The highest BCUT2D eigenvalue weighted by atomic mass is 16.5. The van der Waals surface area contributed by atoms with Crippen molar-refractivity contribution < 1.29 is 27.6 Å². The number of rotatable bonds is 12. The zero-order valence-electron chi connectivity index (χ0n) is 53.7. The third kappa shape index (κ3) is 9.13. The molecule has 0 spiro atoms. The van der Waals surface area contributed by atoms with E-state index in [0.717, 1.165) is 38.5 Å². The lowest BCUT2D eigenvalue weighted by atomic mass is 9.82. The smallest absolute Gasteiger partial charge is 0.456 e. The summed E-state index contributed by atoms with van der Waals surface area (Å²) in [6, 6.07) is 47.2. The van der Waals surface area contributed by atoms with Crippen molar-refractivity contribution in [2.75, 3.05) is 0 Å². The lowest BCUT2D eigenvalue weighted by Gasteiger charge is -2.29. The zero-order valence-corrected chi connectivity index (χ0v) is 43.7. The molecule has 0 unspecified atom stereocenters. The van der Waals surface area contributed by atoms with E-state index >= 15 is 0 Å². The Morgan fingerprint density at radius 2 is 1.09 bits per heavy atom. The van der Waals surface area contributed by atoms with Gasteiger partial charge in [0.05, 0.1) is 47.5 Å². The van der Waals surface area contributed by atoms with E-state index in [-0.39, 0.29) is 27.9 Å². The minimum absolute atomic E-state index is 0.137. The molecule has 374 valence electrons. The van der Waals surface area contributed by atoms with Gasteiger partial charge in [-0.2, -0.15) is 0 Å². The molecule has 3 aromatic heterocycles. The number of ether oxygens (including phenoxy) is 1. The number of benzene rings is 8. The van der Waals surface area contributed by atoms with Crippen molar-refractivity contribution in [2.24, 2.45) is 0 Å². The minimum atomic E-state index is -0.689. The minimum Gasteiger partial charge on any atom is -0.456 e. The standard InChI is InChI=1S/C69H59N7O/c1-67(2,3)51-41-52(74-39-40-75(46-74)63-54(47-25-12-8-13-26-47)34-24-35-55(63)48-27-14-9-15-28-48)43-53(42-51)77-61-45-60-57(56-33-20-21-36-59(56)76(60)62-37-22-23-38-70-62)44-58(61)64-71-65(68(4,5)49-29-16-10-17-30-49)73-66(72-64)69(6,7)50-31-18-11-19-32-50/h8-45H,1-7H3/q+2/i8D,9D,12D,13D,14D,15D,25D,26D,27D,28D. The van der Waals surface area contributed by atoms with E-state index in [1.54, 1.807) is 45.9 Å². The molecule has 0 aliphatic carbocycles. The number of hydrogen-bond acceptors (Lipinski definition) is 5. The topological polar surface area (TPSA) is 71.7 Å². The van der Waals surface area contributed by atoms with Gasteiger partial charge in [-0.05, 0) is 103 Å². The molecule has 0 bridgehead atoms. The van der Waals surface area contributed by atoms with Crippen LogP contribution in [0.3, 0.4) is 0 Å². The fourth-order valence-corrected chi connectivity index (χ4v) is 9.91. The Bertz CT molecular complexity index is 4530. The zero-order chi connectivity index (χ0) is 61.6. The van der Waals surface area contributed by atoms with Crippen molar-refractivity contribution >= 4 is 39.2 Å². The molecular formula is C69H59N7O+2. The molecule has 0 radical (unpaired) electrons. The summed E-state index contributed by atoms with van der Waals surface area (Å²) >= 11 is 0. The Labute approximate surface area is 464 Å². The number of hydrogen-bond donors (Lipinski definition) is 0. The first-order valence-corrected chi connectivity index (χ1v) is 25.5. The molecule has 1 aliphatic heterocycles. The van der Waals surface area contributed by atoms with Crippen LogP contribution in [0.5, 0.6) is 11.5 Å². The lowest BCUT2D eigenvalue weighted by molar-refractivity contribution is -0.386.